The van der Waals surface area contributed by atoms with Gasteiger partial charge in [0.2, 0.25) is 5.91 Å². The van der Waals surface area contributed by atoms with E-state index in [1.54, 1.807) is 0 Å². The molecule has 0 unspecified atom stereocenters. The van der Waals surface area contributed by atoms with Crippen LogP contribution in [0.25, 0.3) is 0 Å². The molecule has 1 aliphatic rings. The van der Waals surface area contributed by atoms with Gasteiger partial charge in [-0.05, 0) is 49.2 Å². The van der Waals surface area contributed by atoms with Crippen LogP contribution in [-0.2, 0) is 24.5 Å². The van der Waals surface area contributed by atoms with E-state index in [9.17, 15) is 9.00 Å². The van der Waals surface area contributed by atoms with Gasteiger partial charge in [0, 0.05) is 0 Å². The maximum Gasteiger partial charge on any atom is 0.222 e. The molecular weight excluding hydrogens is 619 g/mol. The van der Waals surface area contributed by atoms with Crippen molar-refractivity contribution in [2.45, 2.75) is 220 Å². The molecule has 7 heteroatoms. The molecule has 1 fully saturated rings. The summed E-state index contributed by atoms with van der Waals surface area (Å²) < 4.78 is 24.8. The van der Waals surface area contributed by atoms with E-state index >= 15 is 0 Å². The highest BCUT2D eigenvalue weighted by Crippen LogP contribution is 2.38. The fraction of sp³-hybridized carbons (Fsp3) is 0.925. The molecule has 278 valence electrons. The van der Waals surface area contributed by atoms with Gasteiger partial charge in [0.15, 0.2) is 19.4 Å². The number of nitrogens with one attached hydrogen (secondary N) is 1. The summed E-state index contributed by atoms with van der Waals surface area (Å²) in [5, 5.41) is 3.27. The van der Waals surface area contributed by atoms with E-state index in [1.807, 2.05) is 6.08 Å². The lowest BCUT2D eigenvalue weighted by Gasteiger charge is -2.39. The van der Waals surface area contributed by atoms with Crippen LogP contribution in [0.2, 0.25) is 18.1 Å². The maximum absolute atomic E-state index is 13.3. The Labute approximate surface area is 296 Å². The smallest absolute Gasteiger partial charge is 0.222 e. The van der Waals surface area contributed by atoms with Crippen LogP contribution in [0.1, 0.15) is 183 Å². The molecule has 0 spiro atoms. The van der Waals surface area contributed by atoms with E-state index in [-0.39, 0.29) is 29.2 Å². The lowest BCUT2D eigenvalue weighted by molar-refractivity contribution is -0.123. The first-order chi connectivity index (χ1) is 22.2. The van der Waals surface area contributed by atoms with Crippen LogP contribution in [0, 0.1) is 11.8 Å². The molecule has 0 bridgehead atoms. The second kappa shape index (κ2) is 25.4. The van der Waals surface area contributed by atoms with Crippen molar-refractivity contribution >= 4 is 25.3 Å². The molecule has 0 aliphatic carbocycles. The van der Waals surface area contributed by atoms with Gasteiger partial charge in [0.25, 0.3) is 0 Å². The first-order valence-electron chi connectivity index (χ1n) is 19.9. The van der Waals surface area contributed by atoms with Gasteiger partial charge in [-0.1, -0.05) is 170 Å². The third-order valence-electron chi connectivity index (χ3n) is 10.2. The molecule has 0 aromatic rings. The molecule has 0 aromatic carbocycles. The molecule has 1 heterocycles. The Hall–Kier alpha value is -0.503. The van der Waals surface area contributed by atoms with E-state index < -0.39 is 19.4 Å². The monoisotopic (exact) mass is 698 g/mol. The predicted molar refractivity (Wildman–Crippen MR) is 208 cm³/mol. The van der Waals surface area contributed by atoms with Crippen LogP contribution in [0.15, 0.2) is 12.2 Å². The molecule has 1 N–H and O–H groups in total. The van der Waals surface area contributed by atoms with E-state index in [0.29, 0.717) is 12.2 Å². The average molecular weight is 698 g/mol. The summed E-state index contributed by atoms with van der Waals surface area (Å²) in [7, 11) is -2.02. The standard InChI is InChI=1S/C40H79NO4SSi/c1-34(2)28-24-20-16-12-10-14-18-22-26-30-36(45-47(8,9)40(5,6)7)32-39(42)41-37-33-46(43)44-38(37)31-27-23-19-15-11-13-17-21-25-29-35(3)4/h27,31,34-38H,10-26,28-30,32-33H2,1-9H3,(H,41,42)/b31-27+/t36-,37+,38-,46+/m1/s1. The summed E-state index contributed by atoms with van der Waals surface area (Å²) in [6.07, 6.45) is 29.6. The summed E-state index contributed by atoms with van der Waals surface area (Å²) in [6.45, 7) is 20.6. The summed E-state index contributed by atoms with van der Waals surface area (Å²) in [6, 6.07) is -0.246. The van der Waals surface area contributed by atoms with Gasteiger partial charge in [-0.25, -0.2) is 4.21 Å². The van der Waals surface area contributed by atoms with Crippen molar-refractivity contribution < 1.29 is 17.6 Å². The Kier molecular flexibility index (Phi) is 24.1. The molecule has 5 nitrogen and oxygen atoms in total. The number of carbonyl (C=O) groups is 1. The molecule has 0 radical (unpaired) electrons. The lowest BCUT2D eigenvalue weighted by Crippen LogP contribution is -2.47. The fourth-order valence-electron chi connectivity index (χ4n) is 6.12. The highest BCUT2D eigenvalue weighted by molar-refractivity contribution is 7.80. The second-order valence-electron chi connectivity index (χ2n) is 16.9. The Morgan fingerprint density at radius 3 is 1.70 bits per heavy atom. The van der Waals surface area contributed by atoms with Crippen LogP contribution in [0.5, 0.6) is 0 Å². The third kappa shape index (κ3) is 22.8. The highest BCUT2D eigenvalue weighted by Gasteiger charge is 2.40. The van der Waals surface area contributed by atoms with E-state index in [1.165, 1.54) is 109 Å². The zero-order valence-corrected chi connectivity index (χ0v) is 34.5. The van der Waals surface area contributed by atoms with Gasteiger partial charge in [-0.2, -0.15) is 0 Å². The van der Waals surface area contributed by atoms with Gasteiger partial charge in [-0.3, -0.25) is 8.98 Å². The minimum atomic E-state index is -2.02. The summed E-state index contributed by atoms with van der Waals surface area (Å²) in [4.78, 5) is 13.3. The van der Waals surface area contributed by atoms with Gasteiger partial charge in [0.05, 0.1) is 24.3 Å². The second-order valence-corrected chi connectivity index (χ2v) is 22.8. The third-order valence-corrected chi connectivity index (χ3v) is 15.8. The molecule has 1 saturated heterocycles. The average Bonchev–Trinajstić information content (AvgIpc) is 3.31. The summed E-state index contributed by atoms with van der Waals surface area (Å²) in [5.41, 5.74) is 0. The number of amides is 1. The zero-order chi connectivity index (χ0) is 35.1. The van der Waals surface area contributed by atoms with Crippen molar-refractivity contribution in [1.82, 2.24) is 5.32 Å². The van der Waals surface area contributed by atoms with E-state index in [0.717, 1.165) is 31.1 Å². The Morgan fingerprint density at radius 2 is 1.23 bits per heavy atom. The fourth-order valence-corrected chi connectivity index (χ4v) is 8.60. The van der Waals surface area contributed by atoms with Gasteiger partial charge in [-0.15, -0.1) is 0 Å². The number of rotatable bonds is 28. The number of hydrogen-bond acceptors (Lipinski definition) is 4. The quantitative estimate of drug-likeness (QED) is 0.0502. The van der Waals surface area contributed by atoms with E-state index in [4.69, 9.17) is 8.61 Å². The topological polar surface area (TPSA) is 64.6 Å². The molecule has 0 aromatic heterocycles. The Bertz CT molecular complexity index is 854. The SMILES string of the molecule is CC(C)CCCCCCCCC/C=C/[C@H]1O[S@](=O)C[C@@H]1NC(=O)C[C@@H](CCCCCCCCCCCC(C)C)O[Si](C)(C)C(C)(C)C. The van der Waals surface area contributed by atoms with Crippen LogP contribution in [-0.4, -0.2) is 42.4 Å². The predicted octanol–water partition coefficient (Wildman–Crippen LogP) is 12.0. The van der Waals surface area contributed by atoms with Crippen molar-refractivity contribution in [2.75, 3.05) is 5.75 Å². The highest BCUT2D eigenvalue weighted by atomic mass is 32.2. The first kappa shape index (κ1) is 44.5. The number of unbranched alkanes of at least 4 members (excludes halogenated alkanes) is 15. The maximum atomic E-state index is 13.3. The van der Waals surface area contributed by atoms with Crippen LogP contribution in [0.4, 0.5) is 0 Å². The van der Waals surface area contributed by atoms with Crippen molar-refractivity contribution in [2.24, 2.45) is 11.8 Å². The van der Waals surface area contributed by atoms with Crippen molar-refractivity contribution in [3.05, 3.63) is 12.2 Å². The largest absolute Gasteiger partial charge is 0.413 e. The summed E-state index contributed by atoms with van der Waals surface area (Å²) in [5.74, 6) is 1.99. The van der Waals surface area contributed by atoms with Crippen LogP contribution in [0.3, 0.4) is 0 Å². The van der Waals surface area contributed by atoms with Gasteiger partial charge >= 0.3 is 0 Å². The molecule has 47 heavy (non-hydrogen) atoms. The number of hydrogen-bond donors (Lipinski definition) is 1. The van der Waals surface area contributed by atoms with E-state index in [2.05, 4.69) is 73.0 Å². The molecule has 1 aliphatic heterocycles. The van der Waals surface area contributed by atoms with Gasteiger partial charge in [0.1, 0.15) is 6.10 Å². The first-order valence-corrected chi connectivity index (χ1v) is 24.1. The van der Waals surface area contributed by atoms with Gasteiger partial charge < -0.3 is 9.74 Å². The normalized spacial score (nSPS) is 19.8. The van der Waals surface area contributed by atoms with Crippen molar-refractivity contribution in [3.8, 4) is 0 Å². The molecule has 1 amide bonds. The molecular formula is C40H79NO4SSi. The minimum absolute atomic E-state index is 0.00882. The molecule has 0 saturated carbocycles. The number of carbonyl (C=O) groups excluding carboxylic acids is 1. The number of allylic oxidation sites excluding steroid dienone is 1. The lowest BCUT2D eigenvalue weighted by atomic mass is 10.0. The minimum Gasteiger partial charge on any atom is -0.413 e. The molecule has 4 atom stereocenters. The van der Waals surface area contributed by atoms with Crippen molar-refractivity contribution in [1.29, 1.82) is 0 Å². The van der Waals surface area contributed by atoms with Crippen LogP contribution >= 0.6 is 0 Å². The summed E-state index contributed by atoms with van der Waals surface area (Å²) >= 11 is -1.36. The van der Waals surface area contributed by atoms with Crippen LogP contribution < -0.4 is 5.32 Å². The molecule has 1 rings (SSSR count). The van der Waals surface area contributed by atoms with Crippen molar-refractivity contribution in [3.63, 3.8) is 0 Å². The Balaban J connectivity index is 2.46. The zero-order valence-electron chi connectivity index (χ0n) is 32.6. The Morgan fingerprint density at radius 1 is 0.787 bits per heavy atom.